The van der Waals surface area contributed by atoms with E-state index in [1.54, 1.807) is 31.2 Å². The molecule has 0 spiro atoms. The van der Waals surface area contributed by atoms with E-state index in [2.05, 4.69) is 10.0 Å². The van der Waals surface area contributed by atoms with E-state index >= 15 is 0 Å². The Kier molecular flexibility index (Phi) is 7.41. The Bertz CT molecular complexity index is 1120. The first-order valence-electron chi connectivity index (χ1n) is 9.63. The highest BCUT2D eigenvalue weighted by Crippen LogP contribution is 2.22. The number of hydrogen-bond donors (Lipinski definition) is 2. The van der Waals surface area contributed by atoms with Gasteiger partial charge in [-0.05, 0) is 61.5 Å². The van der Waals surface area contributed by atoms with Crippen LogP contribution in [0.25, 0.3) is 0 Å². The molecule has 3 rings (SSSR count). The van der Waals surface area contributed by atoms with E-state index < -0.39 is 10.0 Å². The highest BCUT2D eigenvalue weighted by molar-refractivity contribution is 7.89. The second kappa shape index (κ2) is 10.2. The summed E-state index contributed by atoms with van der Waals surface area (Å²) in [5.41, 5.74) is 0.892. The minimum atomic E-state index is -3.67. The average Bonchev–Trinajstić information content (AvgIpc) is 2.75. The fourth-order valence-electron chi connectivity index (χ4n) is 2.86. The molecular weight excluding hydrogens is 416 g/mol. The molecule has 3 aromatic rings. The fourth-order valence-corrected chi connectivity index (χ4v) is 4.09. The number of anilines is 1. The molecule has 0 bridgehead atoms. The van der Waals surface area contributed by atoms with E-state index in [1.807, 2.05) is 30.3 Å². The Labute approximate surface area is 182 Å². The molecule has 3 aromatic carbocycles. The molecule has 162 valence electrons. The first kappa shape index (κ1) is 22.5. The summed E-state index contributed by atoms with van der Waals surface area (Å²) >= 11 is 0. The van der Waals surface area contributed by atoms with E-state index in [1.165, 1.54) is 31.4 Å². The maximum Gasteiger partial charge on any atom is 0.255 e. The third-order valence-corrected chi connectivity index (χ3v) is 5.88. The van der Waals surface area contributed by atoms with Gasteiger partial charge in [-0.15, -0.1) is 0 Å². The quantitative estimate of drug-likeness (QED) is 0.524. The molecule has 31 heavy (non-hydrogen) atoms. The molecule has 0 aromatic heterocycles. The van der Waals surface area contributed by atoms with Gasteiger partial charge in [0, 0.05) is 24.4 Å². The molecule has 0 aliphatic rings. The van der Waals surface area contributed by atoms with Crippen LogP contribution in [-0.2, 0) is 14.8 Å². The number of benzene rings is 3. The molecule has 8 heteroatoms. The van der Waals surface area contributed by atoms with Crippen LogP contribution in [-0.4, -0.2) is 34.1 Å². The maximum absolute atomic E-state index is 12.6. The Hall–Kier alpha value is -3.20. The summed E-state index contributed by atoms with van der Waals surface area (Å²) in [5, 5.41) is 2.76. The predicted octanol–water partition coefficient (Wildman–Crippen LogP) is 4.04. The largest absolute Gasteiger partial charge is 0.457 e. The van der Waals surface area contributed by atoms with Gasteiger partial charge in [-0.1, -0.05) is 24.3 Å². The van der Waals surface area contributed by atoms with E-state index in [-0.39, 0.29) is 23.5 Å². The summed E-state index contributed by atoms with van der Waals surface area (Å²) in [6.45, 7) is 1.98. The average molecular weight is 441 g/mol. The highest BCUT2D eigenvalue weighted by Gasteiger charge is 2.17. The molecule has 0 aliphatic heterocycles. The third-order valence-electron chi connectivity index (χ3n) is 4.27. The van der Waals surface area contributed by atoms with Crippen LogP contribution in [0.1, 0.15) is 17.3 Å². The number of sulfonamides is 1. The molecule has 0 aliphatic carbocycles. The van der Waals surface area contributed by atoms with Crippen LogP contribution in [0.4, 0.5) is 5.69 Å². The fraction of sp³-hybridized carbons (Fsp3) is 0.174. The van der Waals surface area contributed by atoms with Crippen molar-refractivity contribution in [2.75, 3.05) is 19.0 Å². The van der Waals surface area contributed by atoms with Crippen LogP contribution < -0.4 is 14.8 Å². The predicted molar refractivity (Wildman–Crippen MR) is 119 cm³/mol. The molecule has 7 nitrogen and oxygen atoms in total. The van der Waals surface area contributed by atoms with Gasteiger partial charge in [0.15, 0.2) is 0 Å². The van der Waals surface area contributed by atoms with Crippen LogP contribution in [0.3, 0.4) is 0 Å². The van der Waals surface area contributed by atoms with E-state index in [4.69, 9.17) is 9.47 Å². The van der Waals surface area contributed by atoms with Crippen molar-refractivity contribution >= 4 is 21.6 Å². The number of carbonyl (C=O) groups excluding carboxylic acids is 1. The Morgan fingerprint density at radius 2 is 1.61 bits per heavy atom. The smallest absolute Gasteiger partial charge is 0.255 e. The van der Waals surface area contributed by atoms with Gasteiger partial charge >= 0.3 is 0 Å². The van der Waals surface area contributed by atoms with Crippen LogP contribution in [0, 0.1) is 0 Å². The number of ether oxygens (including phenoxy) is 2. The molecule has 1 amide bonds. The van der Waals surface area contributed by atoms with E-state index in [0.717, 1.165) is 0 Å². The van der Waals surface area contributed by atoms with Crippen LogP contribution in [0.2, 0.25) is 0 Å². The van der Waals surface area contributed by atoms with Crippen LogP contribution in [0.5, 0.6) is 11.5 Å². The lowest BCUT2D eigenvalue weighted by molar-refractivity contribution is 0.102. The lowest BCUT2D eigenvalue weighted by Gasteiger charge is -2.13. The van der Waals surface area contributed by atoms with Gasteiger partial charge in [-0.3, -0.25) is 4.79 Å². The normalized spacial score (nSPS) is 12.2. The summed E-state index contributed by atoms with van der Waals surface area (Å²) in [5.74, 6) is 0.878. The second-order valence-corrected chi connectivity index (χ2v) is 8.61. The number of carbonyl (C=O) groups is 1. The molecule has 0 unspecified atom stereocenters. The van der Waals surface area contributed by atoms with Crippen molar-refractivity contribution in [1.82, 2.24) is 4.72 Å². The second-order valence-electron chi connectivity index (χ2n) is 6.90. The zero-order chi connectivity index (χ0) is 22.3. The van der Waals surface area contributed by atoms with Gasteiger partial charge in [-0.25, -0.2) is 13.1 Å². The lowest BCUT2D eigenvalue weighted by atomic mass is 10.2. The van der Waals surface area contributed by atoms with Gasteiger partial charge in [0.2, 0.25) is 10.0 Å². The van der Waals surface area contributed by atoms with Gasteiger partial charge in [0.05, 0.1) is 11.5 Å². The maximum atomic E-state index is 12.6. The SMILES string of the molecule is COC[C@@H](C)NS(=O)(=O)c1ccc(NC(=O)c2cccc(Oc3ccccc3)c2)cc1. The molecule has 0 radical (unpaired) electrons. The van der Waals surface area contributed by atoms with Crippen molar-refractivity contribution in [3.05, 3.63) is 84.4 Å². The number of methoxy groups -OCH3 is 1. The lowest BCUT2D eigenvalue weighted by Crippen LogP contribution is -2.35. The highest BCUT2D eigenvalue weighted by atomic mass is 32.2. The van der Waals surface area contributed by atoms with Crippen molar-refractivity contribution < 1.29 is 22.7 Å². The molecular formula is C23H24N2O5S. The number of hydrogen-bond acceptors (Lipinski definition) is 5. The number of para-hydroxylation sites is 1. The minimum Gasteiger partial charge on any atom is -0.457 e. The zero-order valence-electron chi connectivity index (χ0n) is 17.2. The molecule has 0 saturated heterocycles. The van der Waals surface area contributed by atoms with Crippen LogP contribution >= 0.6 is 0 Å². The number of amides is 1. The third kappa shape index (κ3) is 6.39. The van der Waals surface area contributed by atoms with Crippen LogP contribution in [0.15, 0.2) is 83.8 Å². The van der Waals surface area contributed by atoms with E-state index in [0.29, 0.717) is 22.7 Å². The van der Waals surface area contributed by atoms with Gasteiger partial charge in [-0.2, -0.15) is 0 Å². The summed E-state index contributed by atoms with van der Waals surface area (Å²) in [7, 11) is -2.17. The first-order valence-corrected chi connectivity index (χ1v) is 11.1. The van der Waals surface area contributed by atoms with E-state index in [9.17, 15) is 13.2 Å². The Morgan fingerprint density at radius 3 is 2.29 bits per heavy atom. The van der Waals surface area contributed by atoms with Gasteiger partial charge < -0.3 is 14.8 Å². The monoisotopic (exact) mass is 440 g/mol. The standard InChI is InChI=1S/C23H24N2O5S/c1-17(16-29-2)25-31(27,28)22-13-11-19(12-14-22)24-23(26)18-7-6-10-21(15-18)30-20-8-4-3-5-9-20/h3-15,17,25H,16H2,1-2H3,(H,24,26)/t17-/m1/s1. The molecule has 1 atom stereocenters. The number of nitrogens with one attached hydrogen (secondary N) is 2. The topological polar surface area (TPSA) is 93.7 Å². The molecule has 0 fully saturated rings. The Balaban J connectivity index is 1.66. The first-order chi connectivity index (χ1) is 14.9. The molecule has 0 heterocycles. The van der Waals surface area contributed by atoms with Crippen molar-refractivity contribution in [2.24, 2.45) is 0 Å². The van der Waals surface area contributed by atoms with Gasteiger partial charge in [0.1, 0.15) is 11.5 Å². The van der Waals surface area contributed by atoms with Crippen molar-refractivity contribution in [1.29, 1.82) is 0 Å². The number of rotatable bonds is 9. The summed E-state index contributed by atoms with van der Waals surface area (Å²) in [4.78, 5) is 12.7. The molecule has 0 saturated carbocycles. The van der Waals surface area contributed by atoms with Gasteiger partial charge in [0.25, 0.3) is 5.91 Å². The summed E-state index contributed by atoms with van der Waals surface area (Å²) in [6.07, 6.45) is 0. The zero-order valence-corrected chi connectivity index (χ0v) is 18.1. The van der Waals surface area contributed by atoms with Crippen molar-refractivity contribution in [2.45, 2.75) is 17.9 Å². The van der Waals surface area contributed by atoms with Crippen molar-refractivity contribution in [3.8, 4) is 11.5 Å². The van der Waals surface area contributed by atoms with Crippen molar-refractivity contribution in [3.63, 3.8) is 0 Å². The molecule has 2 N–H and O–H groups in total. The minimum absolute atomic E-state index is 0.103. The Morgan fingerprint density at radius 1 is 0.935 bits per heavy atom. The summed E-state index contributed by atoms with van der Waals surface area (Å²) in [6, 6.07) is 21.7. The summed E-state index contributed by atoms with van der Waals surface area (Å²) < 4.78 is 38.0.